The first-order valence-electron chi connectivity index (χ1n) is 7.38. The van der Waals surface area contributed by atoms with Crippen molar-refractivity contribution in [2.75, 3.05) is 7.11 Å². The Balaban J connectivity index is 1.93. The first kappa shape index (κ1) is 18.1. The molecule has 8 heteroatoms. The molecule has 1 aliphatic heterocycles. The van der Waals surface area contributed by atoms with E-state index < -0.39 is 12.6 Å². The zero-order valence-corrected chi connectivity index (χ0v) is 15.0. The van der Waals surface area contributed by atoms with Crippen LogP contribution in [0.1, 0.15) is 11.1 Å². The summed E-state index contributed by atoms with van der Waals surface area (Å²) in [7, 11) is 1.32. The monoisotopic (exact) mass is 423 g/mol. The molecule has 0 spiro atoms. The number of hydrogen-bond acceptors (Lipinski definition) is 5. The SMILES string of the molecule is COc1cc(C2=N/C(=C\c3ccccc3Br)C(=O)O2)ccc1OC(F)F. The van der Waals surface area contributed by atoms with Crippen LogP contribution in [-0.2, 0) is 9.53 Å². The fourth-order valence-corrected chi connectivity index (χ4v) is 2.67. The lowest BCUT2D eigenvalue weighted by Crippen LogP contribution is -2.07. The molecule has 1 heterocycles. The molecule has 26 heavy (non-hydrogen) atoms. The number of esters is 1. The van der Waals surface area contributed by atoms with Crippen LogP contribution in [0, 0.1) is 0 Å². The summed E-state index contributed by atoms with van der Waals surface area (Å²) in [5.41, 5.74) is 1.29. The molecule has 0 bridgehead atoms. The van der Waals surface area contributed by atoms with Crippen molar-refractivity contribution in [3.63, 3.8) is 0 Å². The van der Waals surface area contributed by atoms with Gasteiger partial charge in [0.2, 0.25) is 5.90 Å². The van der Waals surface area contributed by atoms with E-state index in [1.165, 1.54) is 25.3 Å². The van der Waals surface area contributed by atoms with Crippen molar-refractivity contribution in [1.82, 2.24) is 0 Å². The van der Waals surface area contributed by atoms with E-state index in [2.05, 4.69) is 25.7 Å². The minimum Gasteiger partial charge on any atom is -0.493 e. The van der Waals surface area contributed by atoms with E-state index in [1.807, 2.05) is 24.3 Å². The molecule has 3 rings (SSSR count). The molecule has 5 nitrogen and oxygen atoms in total. The largest absolute Gasteiger partial charge is 0.493 e. The van der Waals surface area contributed by atoms with Crippen molar-refractivity contribution in [2.24, 2.45) is 4.99 Å². The molecule has 0 unspecified atom stereocenters. The summed E-state index contributed by atoms with van der Waals surface area (Å²) in [5, 5.41) is 0. The van der Waals surface area contributed by atoms with Crippen LogP contribution in [0.3, 0.4) is 0 Å². The maximum absolute atomic E-state index is 12.4. The summed E-state index contributed by atoms with van der Waals surface area (Å²) in [4.78, 5) is 16.2. The van der Waals surface area contributed by atoms with Crippen LogP contribution < -0.4 is 9.47 Å². The van der Waals surface area contributed by atoms with E-state index >= 15 is 0 Å². The predicted molar refractivity (Wildman–Crippen MR) is 94.4 cm³/mol. The van der Waals surface area contributed by atoms with Crippen LogP contribution in [0.25, 0.3) is 6.08 Å². The van der Waals surface area contributed by atoms with E-state index in [1.54, 1.807) is 6.08 Å². The van der Waals surface area contributed by atoms with Gasteiger partial charge < -0.3 is 14.2 Å². The highest BCUT2D eigenvalue weighted by Crippen LogP contribution is 2.31. The Morgan fingerprint density at radius 3 is 2.65 bits per heavy atom. The number of aliphatic imine (C=N–C) groups is 1. The minimum atomic E-state index is -2.98. The van der Waals surface area contributed by atoms with E-state index in [-0.39, 0.29) is 23.1 Å². The van der Waals surface area contributed by atoms with Crippen molar-refractivity contribution in [3.8, 4) is 11.5 Å². The van der Waals surface area contributed by atoms with Gasteiger partial charge in [-0.05, 0) is 35.9 Å². The van der Waals surface area contributed by atoms with E-state index in [0.717, 1.165) is 10.0 Å². The average Bonchev–Trinajstić information content (AvgIpc) is 2.97. The topological polar surface area (TPSA) is 57.1 Å². The Bertz CT molecular complexity index is 912. The molecule has 0 fully saturated rings. The van der Waals surface area contributed by atoms with Gasteiger partial charge >= 0.3 is 12.6 Å². The number of ether oxygens (including phenoxy) is 3. The number of rotatable bonds is 5. The predicted octanol–water partition coefficient (Wildman–Crippen LogP) is 4.40. The molecule has 0 saturated heterocycles. The zero-order chi connectivity index (χ0) is 18.7. The molecule has 0 N–H and O–H groups in total. The fourth-order valence-electron chi connectivity index (χ4n) is 2.27. The molecular weight excluding hydrogens is 412 g/mol. The molecule has 0 saturated carbocycles. The van der Waals surface area contributed by atoms with Crippen molar-refractivity contribution < 1.29 is 27.8 Å². The normalized spacial score (nSPS) is 15.2. The van der Waals surface area contributed by atoms with Gasteiger partial charge in [-0.25, -0.2) is 9.79 Å². The summed E-state index contributed by atoms with van der Waals surface area (Å²) < 4.78 is 40.2. The van der Waals surface area contributed by atoms with Gasteiger partial charge in [0.05, 0.1) is 7.11 Å². The maximum atomic E-state index is 12.4. The van der Waals surface area contributed by atoms with Crippen molar-refractivity contribution in [1.29, 1.82) is 0 Å². The zero-order valence-electron chi connectivity index (χ0n) is 13.4. The summed E-state index contributed by atoms with van der Waals surface area (Å²) in [6.07, 6.45) is 1.59. The Morgan fingerprint density at radius 1 is 1.19 bits per heavy atom. The quantitative estimate of drug-likeness (QED) is 0.528. The molecular formula is C18H12BrF2NO4. The van der Waals surface area contributed by atoms with Crippen molar-refractivity contribution in [3.05, 3.63) is 63.8 Å². The fraction of sp³-hybridized carbons (Fsp3) is 0.111. The number of benzene rings is 2. The molecule has 0 aliphatic carbocycles. The Morgan fingerprint density at radius 2 is 1.96 bits per heavy atom. The third kappa shape index (κ3) is 3.91. The van der Waals surface area contributed by atoms with Gasteiger partial charge in [0.1, 0.15) is 0 Å². The van der Waals surface area contributed by atoms with Crippen molar-refractivity contribution in [2.45, 2.75) is 6.61 Å². The number of halogens is 3. The lowest BCUT2D eigenvalue weighted by atomic mass is 10.2. The average molecular weight is 424 g/mol. The van der Waals surface area contributed by atoms with E-state index in [4.69, 9.17) is 9.47 Å². The third-order valence-electron chi connectivity index (χ3n) is 3.44. The van der Waals surface area contributed by atoms with E-state index in [0.29, 0.717) is 5.56 Å². The van der Waals surface area contributed by atoms with E-state index in [9.17, 15) is 13.6 Å². The third-order valence-corrected chi connectivity index (χ3v) is 4.17. The Labute approximate surface area is 156 Å². The van der Waals surface area contributed by atoms with Crippen LogP contribution in [0.5, 0.6) is 11.5 Å². The van der Waals surface area contributed by atoms with Gasteiger partial charge in [0.25, 0.3) is 0 Å². The minimum absolute atomic E-state index is 0.0511. The molecule has 0 radical (unpaired) electrons. The summed E-state index contributed by atoms with van der Waals surface area (Å²) in [5.74, 6) is -0.609. The summed E-state index contributed by atoms with van der Waals surface area (Å²) in [6.45, 7) is -2.98. The van der Waals surface area contributed by atoms with Gasteiger partial charge in [-0.1, -0.05) is 34.1 Å². The Hall–Kier alpha value is -2.74. The maximum Gasteiger partial charge on any atom is 0.387 e. The second-order valence-corrected chi connectivity index (χ2v) is 5.96. The highest BCUT2D eigenvalue weighted by molar-refractivity contribution is 9.10. The number of methoxy groups -OCH3 is 1. The smallest absolute Gasteiger partial charge is 0.387 e. The van der Waals surface area contributed by atoms with Gasteiger partial charge in [-0.2, -0.15) is 8.78 Å². The standard InChI is InChI=1S/C18H12BrF2NO4/c1-24-15-9-11(6-7-14(15)25-18(20)21)16-22-13(17(23)26-16)8-10-4-2-3-5-12(10)19/h2-9,18H,1H3/b13-8-. The van der Waals surface area contributed by atoms with Gasteiger partial charge in [0, 0.05) is 10.0 Å². The number of carbonyl (C=O) groups excluding carboxylic acids is 1. The first-order valence-corrected chi connectivity index (χ1v) is 8.17. The van der Waals surface area contributed by atoms with Crippen LogP contribution in [0.15, 0.2) is 57.6 Å². The lowest BCUT2D eigenvalue weighted by molar-refractivity contribution is -0.129. The first-order chi connectivity index (χ1) is 12.5. The molecule has 1 aliphatic rings. The molecule has 0 atom stereocenters. The molecule has 134 valence electrons. The summed E-state index contributed by atoms with van der Waals surface area (Å²) >= 11 is 3.39. The number of carbonyl (C=O) groups is 1. The van der Waals surface area contributed by atoms with Crippen LogP contribution in [-0.4, -0.2) is 25.6 Å². The molecule has 2 aromatic carbocycles. The number of nitrogens with zero attached hydrogens (tertiary/aromatic N) is 1. The number of hydrogen-bond donors (Lipinski definition) is 0. The molecule has 0 aromatic heterocycles. The van der Waals surface area contributed by atoms with Crippen molar-refractivity contribution >= 4 is 33.9 Å². The van der Waals surface area contributed by atoms with Crippen LogP contribution >= 0.6 is 15.9 Å². The highest BCUT2D eigenvalue weighted by atomic mass is 79.9. The molecule has 2 aromatic rings. The second-order valence-electron chi connectivity index (χ2n) is 5.10. The van der Waals surface area contributed by atoms with Crippen LogP contribution in [0.4, 0.5) is 8.78 Å². The van der Waals surface area contributed by atoms with Gasteiger partial charge in [0.15, 0.2) is 17.2 Å². The number of cyclic esters (lactones) is 1. The highest BCUT2D eigenvalue weighted by Gasteiger charge is 2.25. The Kier molecular flexibility index (Phi) is 5.32. The summed E-state index contributed by atoms with van der Waals surface area (Å²) in [6, 6.07) is 11.5. The lowest BCUT2D eigenvalue weighted by Gasteiger charge is -2.10. The van der Waals surface area contributed by atoms with Crippen LogP contribution in [0.2, 0.25) is 0 Å². The molecule has 0 amide bonds. The van der Waals surface area contributed by atoms with Gasteiger partial charge in [-0.3, -0.25) is 0 Å². The second kappa shape index (κ2) is 7.65. The number of alkyl halides is 2. The van der Waals surface area contributed by atoms with Gasteiger partial charge in [-0.15, -0.1) is 0 Å².